The Morgan fingerprint density at radius 3 is 2.20 bits per heavy atom. The van der Waals surface area contributed by atoms with Crippen LogP contribution in [-0.4, -0.2) is 22.8 Å². The highest BCUT2D eigenvalue weighted by molar-refractivity contribution is 6.32. The normalized spacial score (nSPS) is 16.1. The fourth-order valence-electron chi connectivity index (χ4n) is 1.95. The molecule has 1 N–H and O–H groups in total. The van der Waals surface area contributed by atoms with Crippen LogP contribution in [0.1, 0.15) is 32.6 Å². The van der Waals surface area contributed by atoms with Gasteiger partial charge in [0.05, 0.1) is 0 Å². The predicted octanol–water partition coefficient (Wildman–Crippen LogP) is 1.22. The molecule has 1 aromatic carbocycles. The molecule has 1 nitrogen and oxygen atoms in total. The fraction of sp³-hybridized carbons (Fsp3) is 0.538. The van der Waals surface area contributed by atoms with Gasteiger partial charge in [0.25, 0.3) is 0 Å². The molecular weight excluding hydrogens is 198 g/mol. The van der Waals surface area contributed by atoms with Crippen LogP contribution in [0, 0.1) is 0 Å². The van der Waals surface area contributed by atoms with Crippen LogP contribution in [0.25, 0.3) is 0 Å². The maximum atomic E-state index is 3.44. The van der Waals surface area contributed by atoms with Crippen molar-refractivity contribution in [3.05, 3.63) is 30.3 Å². The summed E-state index contributed by atoms with van der Waals surface area (Å²) in [6, 6.07) is 11.3. The highest BCUT2D eigenvalue weighted by Gasteiger charge is 2.11. The Balaban J connectivity index is 0.000000151. The van der Waals surface area contributed by atoms with Crippen molar-refractivity contribution in [1.29, 1.82) is 0 Å². The standard InChI is InChI=1S/C7H15N.C6H8Si/c1-2-8-7-5-3-4-6-7;7-6-4-2-1-3-5-6/h7-8H,2-6H2,1H3;1-5H,7H3. The molecule has 1 fully saturated rings. The van der Waals surface area contributed by atoms with Crippen molar-refractivity contribution < 1.29 is 0 Å². The van der Waals surface area contributed by atoms with E-state index in [-0.39, 0.29) is 0 Å². The lowest BCUT2D eigenvalue weighted by Gasteiger charge is -2.07. The lowest BCUT2D eigenvalue weighted by Crippen LogP contribution is -2.24. The smallest absolute Gasteiger partial charge is 0.0384 e. The summed E-state index contributed by atoms with van der Waals surface area (Å²) < 4.78 is 0. The summed E-state index contributed by atoms with van der Waals surface area (Å²) in [5.41, 5.74) is 0. The van der Waals surface area contributed by atoms with Gasteiger partial charge in [0.1, 0.15) is 0 Å². The number of rotatable bonds is 2. The first kappa shape index (κ1) is 12.5. The van der Waals surface area contributed by atoms with Gasteiger partial charge < -0.3 is 5.32 Å². The molecule has 0 atom stereocenters. The van der Waals surface area contributed by atoms with Gasteiger partial charge in [-0.2, -0.15) is 0 Å². The van der Waals surface area contributed by atoms with Crippen LogP contribution in [0.5, 0.6) is 0 Å². The van der Waals surface area contributed by atoms with Crippen LogP contribution in [-0.2, 0) is 0 Å². The molecule has 0 unspecified atom stereocenters. The van der Waals surface area contributed by atoms with E-state index in [0.717, 1.165) is 12.6 Å². The molecule has 15 heavy (non-hydrogen) atoms. The van der Waals surface area contributed by atoms with Crippen LogP contribution in [0.15, 0.2) is 30.3 Å². The molecule has 1 aliphatic rings. The third kappa shape index (κ3) is 5.75. The van der Waals surface area contributed by atoms with Crippen molar-refractivity contribution in [3.63, 3.8) is 0 Å². The third-order valence-electron chi connectivity index (χ3n) is 2.79. The van der Waals surface area contributed by atoms with Crippen LogP contribution in [0.3, 0.4) is 0 Å². The van der Waals surface area contributed by atoms with Crippen molar-refractivity contribution in [3.8, 4) is 0 Å². The van der Waals surface area contributed by atoms with E-state index < -0.39 is 0 Å². The van der Waals surface area contributed by atoms with E-state index >= 15 is 0 Å². The maximum Gasteiger partial charge on any atom is 0.0384 e. The summed E-state index contributed by atoms with van der Waals surface area (Å²) in [6.45, 7) is 3.32. The molecule has 0 heterocycles. The Bertz CT molecular complexity index is 242. The molecule has 0 radical (unpaired) electrons. The molecule has 1 saturated carbocycles. The summed E-state index contributed by atoms with van der Waals surface area (Å²) in [7, 11) is 1.17. The van der Waals surface area contributed by atoms with Crippen molar-refractivity contribution in [1.82, 2.24) is 5.32 Å². The number of hydrogen-bond donors (Lipinski definition) is 1. The van der Waals surface area contributed by atoms with Crippen molar-refractivity contribution in [2.75, 3.05) is 6.54 Å². The highest BCUT2D eigenvalue weighted by Crippen LogP contribution is 2.16. The van der Waals surface area contributed by atoms with E-state index in [9.17, 15) is 0 Å². The molecule has 0 amide bonds. The Labute approximate surface area is 96.7 Å². The van der Waals surface area contributed by atoms with Gasteiger partial charge in [0, 0.05) is 16.3 Å². The summed E-state index contributed by atoms with van der Waals surface area (Å²) in [4.78, 5) is 0. The summed E-state index contributed by atoms with van der Waals surface area (Å²) in [5, 5.41) is 4.91. The van der Waals surface area contributed by atoms with Gasteiger partial charge in [-0.3, -0.25) is 0 Å². The first-order valence-electron chi connectivity index (χ1n) is 6.08. The molecule has 1 aromatic rings. The quantitative estimate of drug-likeness (QED) is 0.741. The molecule has 84 valence electrons. The number of hydrogen-bond acceptors (Lipinski definition) is 1. The van der Waals surface area contributed by atoms with Crippen LogP contribution < -0.4 is 10.5 Å². The zero-order chi connectivity index (χ0) is 10.9. The van der Waals surface area contributed by atoms with Gasteiger partial charge in [-0.05, 0) is 19.4 Å². The zero-order valence-electron chi connectivity index (χ0n) is 10.00. The molecule has 2 heteroatoms. The minimum Gasteiger partial charge on any atom is -0.314 e. The van der Waals surface area contributed by atoms with Crippen molar-refractivity contribution in [2.24, 2.45) is 0 Å². The van der Waals surface area contributed by atoms with E-state index in [1.54, 1.807) is 0 Å². The maximum absolute atomic E-state index is 3.44. The van der Waals surface area contributed by atoms with Gasteiger partial charge in [0.2, 0.25) is 0 Å². The fourth-order valence-corrected chi connectivity index (χ4v) is 2.34. The average Bonchev–Trinajstić information content (AvgIpc) is 2.73. The van der Waals surface area contributed by atoms with Gasteiger partial charge >= 0.3 is 0 Å². The molecule has 0 aliphatic heterocycles. The Morgan fingerprint density at radius 1 is 1.20 bits per heavy atom. The zero-order valence-corrected chi connectivity index (χ0v) is 12.0. The van der Waals surface area contributed by atoms with E-state index in [4.69, 9.17) is 0 Å². The molecule has 2 rings (SSSR count). The third-order valence-corrected chi connectivity index (χ3v) is 3.46. The van der Waals surface area contributed by atoms with Gasteiger partial charge in [0.15, 0.2) is 0 Å². The monoisotopic (exact) mass is 221 g/mol. The lowest BCUT2D eigenvalue weighted by molar-refractivity contribution is 0.542. The van der Waals surface area contributed by atoms with E-state index in [1.807, 2.05) is 6.07 Å². The lowest BCUT2D eigenvalue weighted by atomic mass is 10.2. The first-order valence-corrected chi connectivity index (χ1v) is 7.08. The SMILES string of the molecule is CCNC1CCCC1.[SiH3]c1ccccc1. The van der Waals surface area contributed by atoms with Gasteiger partial charge in [-0.15, -0.1) is 0 Å². The second-order valence-electron chi connectivity index (χ2n) is 4.19. The minimum absolute atomic E-state index is 0.861. The first-order chi connectivity index (χ1) is 7.33. The number of benzene rings is 1. The topological polar surface area (TPSA) is 12.0 Å². The van der Waals surface area contributed by atoms with Crippen LogP contribution in [0.2, 0.25) is 0 Å². The summed E-state index contributed by atoms with van der Waals surface area (Å²) >= 11 is 0. The Morgan fingerprint density at radius 2 is 1.80 bits per heavy atom. The van der Waals surface area contributed by atoms with E-state index in [0.29, 0.717) is 0 Å². The molecule has 0 aromatic heterocycles. The minimum atomic E-state index is 0.861. The summed E-state index contributed by atoms with van der Waals surface area (Å²) in [5.74, 6) is 0. The average molecular weight is 221 g/mol. The largest absolute Gasteiger partial charge is 0.314 e. The van der Waals surface area contributed by atoms with Gasteiger partial charge in [-0.1, -0.05) is 55.3 Å². The highest BCUT2D eigenvalue weighted by atomic mass is 28.1. The summed E-state index contributed by atoms with van der Waals surface area (Å²) in [6.07, 6.45) is 5.71. The molecule has 0 spiro atoms. The van der Waals surface area contributed by atoms with E-state index in [2.05, 4.69) is 36.5 Å². The Hall–Kier alpha value is -0.603. The van der Waals surface area contributed by atoms with Crippen molar-refractivity contribution >= 4 is 15.4 Å². The van der Waals surface area contributed by atoms with Crippen molar-refractivity contribution in [2.45, 2.75) is 38.6 Å². The predicted molar refractivity (Wildman–Crippen MR) is 71.9 cm³/mol. The van der Waals surface area contributed by atoms with E-state index in [1.165, 1.54) is 41.1 Å². The molecule has 0 bridgehead atoms. The molecular formula is C13H23NSi. The van der Waals surface area contributed by atoms with Crippen LogP contribution in [0.4, 0.5) is 0 Å². The molecule has 0 saturated heterocycles. The number of nitrogens with one attached hydrogen (secondary N) is 1. The Kier molecular flexibility index (Phi) is 6.36. The second kappa shape index (κ2) is 7.66. The second-order valence-corrected chi connectivity index (χ2v) is 5.35. The van der Waals surface area contributed by atoms with Crippen LogP contribution >= 0.6 is 0 Å². The van der Waals surface area contributed by atoms with Gasteiger partial charge in [-0.25, -0.2) is 0 Å². The molecule has 1 aliphatic carbocycles.